The van der Waals surface area contributed by atoms with E-state index >= 15 is 0 Å². The molecule has 0 heterocycles. The molecule has 1 atom stereocenters. The quantitative estimate of drug-likeness (QED) is 0.530. The topological polar surface area (TPSA) is 76.7 Å². The van der Waals surface area contributed by atoms with Gasteiger partial charge in [0.15, 0.2) is 11.5 Å². The van der Waals surface area contributed by atoms with E-state index in [1.807, 2.05) is 39.0 Å². The molecule has 0 aliphatic carbocycles. The molecular weight excluding hydrogens is 400 g/mol. The van der Waals surface area contributed by atoms with Gasteiger partial charge in [0.05, 0.1) is 19.5 Å². The molecule has 162 valence electrons. The van der Waals surface area contributed by atoms with E-state index in [0.29, 0.717) is 30.0 Å². The number of nitrogens with one attached hydrogen (secondary N) is 2. The molecule has 0 aromatic heterocycles. The fourth-order valence-corrected chi connectivity index (χ4v) is 3.81. The molecule has 7 heteroatoms. The second kappa shape index (κ2) is 11.5. The maximum absolute atomic E-state index is 12.4. The summed E-state index contributed by atoms with van der Waals surface area (Å²) in [6.45, 7) is 5.83. The minimum atomic E-state index is -0.236. The zero-order valence-electron chi connectivity index (χ0n) is 18.2. The highest BCUT2D eigenvalue weighted by molar-refractivity contribution is 8.00. The first-order valence-electron chi connectivity index (χ1n) is 9.86. The number of hydrogen-bond acceptors (Lipinski definition) is 5. The van der Waals surface area contributed by atoms with Crippen LogP contribution in [0.3, 0.4) is 0 Å². The van der Waals surface area contributed by atoms with Gasteiger partial charge in [-0.05, 0) is 56.2 Å². The second-order valence-electron chi connectivity index (χ2n) is 6.99. The fourth-order valence-electron chi connectivity index (χ4n) is 2.94. The third-order valence-electron chi connectivity index (χ3n) is 4.68. The van der Waals surface area contributed by atoms with Crippen LogP contribution in [0.1, 0.15) is 30.9 Å². The summed E-state index contributed by atoms with van der Waals surface area (Å²) < 4.78 is 10.5. The molecule has 0 radical (unpaired) electrons. The molecule has 0 fully saturated rings. The van der Waals surface area contributed by atoms with Crippen molar-refractivity contribution < 1.29 is 19.1 Å². The number of hydrogen-bond donors (Lipinski definition) is 2. The van der Waals surface area contributed by atoms with Gasteiger partial charge in [-0.15, -0.1) is 11.8 Å². The molecule has 2 amide bonds. The predicted octanol–water partition coefficient (Wildman–Crippen LogP) is 4.80. The molecule has 0 aliphatic heterocycles. The average Bonchev–Trinajstić information content (AvgIpc) is 2.73. The van der Waals surface area contributed by atoms with Crippen molar-refractivity contribution >= 4 is 35.0 Å². The summed E-state index contributed by atoms with van der Waals surface area (Å²) >= 11 is 1.53. The Morgan fingerprint density at radius 2 is 1.67 bits per heavy atom. The van der Waals surface area contributed by atoms with E-state index in [2.05, 4.69) is 10.6 Å². The van der Waals surface area contributed by atoms with Crippen molar-refractivity contribution in [3.8, 4) is 11.5 Å². The Kier molecular flexibility index (Phi) is 9.05. The SMILES string of the molecule is COc1ccc(NC(=O)C(C)SCCCC(=O)Nc2c(C)cccc2C)cc1OC. The number of para-hydroxylation sites is 1. The van der Waals surface area contributed by atoms with E-state index in [0.717, 1.165) is 22.6 Å². The summed E-state index contributed by atoms with van der Waals surface area (Å²) in [5.41, 5.74) is 3.65. The van der Waals surface area contributed by atoms with E-state index in [-0.39, 0.29) is 17.1 Å². The maximum atomic E-state index is 12.4. The molecule has 0 spiro atoms. The average molecular weight is 431 g/mol. The molecule has 0 aliphatic rings. The van der Waals surface area contributed by atoms with Crippen LogP contribution in [0.4, 0.5) is 11.4 Å². The fraction of sp³-hybridized carbons (Fsp3) is 0.391. The molecular formula is C23H30N2O4S. The van der Waals surface area contributed by atoms with Gasteiger partial charge < -0.3 is 20.1 Å². The summed E-state index contributed by atoms with van der Waals surface area (Å²) in [7, 11) is 3.12. The molecule has 0 saturated heterocycles. The smallest absolute Gasteiger partial charge is 0.237 e. The van der Waals surface area contributed by atoms with Crippen molar-refractivity contribution in [3.05, 3.63) is 47.5 Å². The Hall–Kier alpha value is -2.67. The van der Waals surface area contributed by atoms with Crippen LogP contribution in [-0.2, 0) is 9.59 Å². The van der Waals surface area contributed by atoms with Gasteiger partial charge in [0.2, 0.25) is 11.8 Å². The Balaban J connectivity index is 1.75. The highest BCUT2D eigenvalue weighted by atomic mass is 32.2. The number of benzene rings is 2. The number of carbonyl (C=O) groups is 2. The first-order valence-corrected chi connectivity index (χ1v) is 10.9. The molecule has 2 aromatic carbocycles. The van der Waals surface area contributed by atoms with Crippen molar-refractivity contribution in [2.24, 2.45) is 0 Å². The van der Waals surface area contributed by atoms with Crippen LogP contribution in [0.25, 0.3) is 0 Å². The van der Waals surface area contributed by atoms with Gasteiger partial charge in [0.1, 0.15) is 0 Å². The van der Waals surface area contributed by atoms with Crippen LogP contribution in [0.2, 0.25) is 0 Å². The lowest BCUT2D eigenvalue weighted by molar-refractivity contribution is -0.116. The summed E-state index contributed by atoms with van der Waals surface area (Å²) in [6.07, 6.45) is 1.13. The van der Waals surface area contributed by atoms with Crippen LogP contribution in [0.15, 0.2) is 36.4 Å². The number of carbonyl (C=O) groups excluding carboxylic acids is 2. The van der Waals surface area contributed by atoms with Crippen molar-refractivity contribution in [2.75, 3.05) is 30.6 Å². The molecule has 2 N–H and O–H groups in total. The van der Waals surface area contributed by atoms with E-state index in [4.69, 9.17) is 9.47 Å². The Labute approximate surface area is 182 Å². The summed E-state index contributed by atoms with van der Waals surface area (Å²) in [4.78, 5) is 24.7. The van der Waals surface area contributed by atoms with Gasteiger partial charge in [-0.25, -0.2) is 0 Å². The number of methoxy groups -OCH3 is 2. The van der Waals surface area contributed by atoms with Gasteiger partial charge in [-0.2, -0.15) is 0 Å². The normalized spacial score (nSPS) is 11.5. The third-order valence-corrected chi connectivity index (χ3v) is 5.92. The lowest BCUT2D eigenvalue weighted by Gasteiger charge is -2.14. The molecule has 0 saturated carbocycles. The third kappa shape index (κ3) is 6.69. The van der Waals surface area contributed by atoms with Crippen molar-refractivity contribution in [1.82, 2.24) is 0 Å². The number of thioether (sulfide) groups is 1. The predicted molar refractivity (Wildman–Crippen MR) is 124 cm³/mol. The summed E-state index contributed by atoms with van der Waals surface area (Å²) in [5.74, 6) is 1.80. The molecule has 2 rings (SSSR count). The van der Waals surface area contributed by atoms with Gasteiger partial charge in [0.25, 0.3) is 0 Å². The molecule has 0 bridgehead atoms. The second-order valence-corrected chi connectivity index (χ2v) is 8.44. The molecule has 30 heavy (non-hydrogen) atoms. The number of rotatable bonds is 10. The highest BCUT2D eigenvalue weighted by Crippen LogP contribution is 2.30. The van der Waals surface area contributed by atoms with Crippen molar-refractivity contribution in [3.63, 3.8) is 0 Å². The van der Waals surface area contributed by atoms with Crippen LogP contribution in [0.5, 0.6) is 11.5 Å². The first-order chi connectivity index (χ1) is 14.3. The number of ether oxygens (including phenoxy) is 2. The number of aryl methyl sites for hydroxylation is 2. The van der Waals surface area contributed by atoms with E-state index < -0.39 is 0 Å². The highest BCUT2D eigenvalue weighted by Gasteiger charge is 2.15. The van der Waals surface area contributed by atoms with Crippen LogP contribution >= 0.6 is 11.8 Å². The largest absolute Gasteiger partial charge is 0.493 e. The van der Waals surface area contributed by atoms with Gasteiger partial charge in [-0.1, -0.05) is 18.2 Å². The maximum Gasteiger partial charge on any atom is 0.237 e. The lowest BCUT2D eigenvalue weighted by atomic mass is 10.1. The minimum Gasteiger partial charge on any atom is -0.493 e. The van der Waals surface area contributed by atoms with E-state index in [9.17, 15) is 9.59 Å². The van der Waals surface area contributed by atoms with Crippen LogP contribution in [0, 0.1) is 13.8 Å². The molecule has 1 unspecified atom stereocenters. The monoisotopic (exact) mass is 430 g/mol. The van der Waals surface area contributed by atoms with Gasteiger partial charge in [-0.3, -0.25) is 9.59 Å². The minimum absolute atomic E-state index is 0.00423. The van der Waals surface area contributed by atoms with Crippen molar-refractivity contribution in [2.45, 2.75) is 38.9 Å². The van der Waals surface area contributed by atoms with Crippen molar-refractivity contribution in [1.29, 1.82) is 0 Å². The zero-order chi connectivity index (χ0) is 22.1. The van der Waals surface area contributed by atoms with Crippen LogP contribution in [-0.4, -0.2) is 37.0 Å². The van der Waals surface area contributed by atoms with E-state index in [1.165, 1.54) is 11.8 Å². The number of amides is 2. The number of anilines is 2. The Morgan fingerprint density at radius 3 is 2.30 bits per heavy atom. The Bertz CT molecular complexity index is 865. The lowest BCUT2D eigenvalue weighted by Crippen LogP contribution is -2.23. The molecule has 6 nitrogen and oxygen atoms in total. The van der Waals surface area contributed by atoms with Gasteiger partial charge in [0, 0.05) is 23.9 Å². The van der Waals surface area contributed by atoms with E-state index in [1.54, 1.807) is 32.4 Å². The molecule has 2 aromatic rings. The zero-order valence-corrected chi connectivity index (χ0v) is 19.0. The summed E-state index contributed by atoms with van der Waals surface area (Å²) in [5, 5.41) is 5.64. The standard InChI is InChI=1S/C23H30N2O4S/c1-15-8-6-9-16(2)22(15)25-21(26)10-7-13-30-17(3)23(27)24-18-11-12-19(28-4)20(14-18)29-5/h6,8-9,11-12,14,17H,7,10,13H2,1-5H3,(H,24,27)(H,25,26). The van der Waals surface area contributed by atoms with Crippen LogP contribution < -0.4 is 20.1 Å². The van der Waals surface area contributed by atoms with Gasteiger partial charge >= 0.3 is 0 Å². The first kappa shape index (κ1) is 23.6. The summed E-state index contributed by atoms with van der Waals surface area (Å²) in [6, 6.07) is 11.2. The Morgan fingerprint density at radius 1 is 1.00 bits per heavy atom.